The molecule has 3 unspecified atom stereocenters. The third-order valence-electron chi connectivity index (χ3n) is 16.8. The lowest BCUT2D eigenvalue weighted by Crippen LogP contribution is -2.30. The molecule has 0 saturated carbocycles. The Morgan fingerprint density at radius 3 is 0.844 bits per heavy atom. The summed E-state index contributed by atoms with van der Waals surface area (Å²) < 4.78 is 68.1. The molecule has 0 saturated heterocycles. The summed E-state index contributed by atoms with van der Waals surface area (Å²) in [5, 5.41) is 10.6. The fraction of sp³-hybridized carbons (Fsp3) is 0.944. The van der Waals surface area contributed by atoms with Crippen LogP contribution in [0.15, 0.2) is 0 Å². The highest BCUT2D eigenvalue weighted by Gasteiger charge is 2.30. The van der Waals surface area contributed by atoms with E-state index in [2.05, 4.69) is 41.5 Å². The van der Waals surface area contributed by atoms with E-state index in [4.69, 9.17) is 37.0 Å². The Bertz CT molecular complexity index is 1750. The molecule has 0 aliphatic rings. The van der Waals surface area contributed by atoms with Crippen LogP contribution in [0.2, 0.25) is 0 Å². The molecule has 0 heterocycles. The Balaban J connectivity index is 5.14. The van der Waals surface area contributed by atoms with E-state index in [1.807, 2.05) is 0 Å². The van der Waals surface area contributed by atoms with Gasteiger partial charge < -0.3 is 33.8 Å². The summed E-state index contributed by atoms with van der Waals surface area (Å²) in [6.45, 7) is 9.43. The number of carbonyl (C=O) groups excluding carboxylic acids is 4. The number of hydrogen-bond donors (Lipinski definition) is 3. The van der Waals surface area contributed by atoms with Crippen LogP contribution in [0.5, 0.6) is 0 Å². The molecule has 3 N–H and O–H groups in total. The summed E-state index contributed by atoms with van der Waals surface area (Å²) in [6, 6.07) is 0. The van der Waals surface area contributed by atoms with E-state index in [9.17, 15) is 43.2 Å². The maximum absolute atomic E-state index is 13.0. The lowest BCUT2D eigenvalue weighted by atomic mass is 10.00. The minimum atomic E-state index is -4.95. The molecule has 90 heavy (non-hydrogen) atoms. The number of phosphoric ester groups is 2. The van der Waals surface area contributed by atoms with Crippen molar-refractivity contribution in [2.75, 3.05) is 39.6 Å². The largest absolute Gasteiger partial charge is 0.472 e. The maximum Gasteiger partial charge on any atom is 0.472 e. The van der Waals surface area contributed by atoms with Crippen molar-refractivity contribution in [1.29, 1.82) is 0 Å². The predicted molar refractivity (Wildman–Crippen MR) is 363 cm³/mol. The number of aliphatic hydroxyl groups excluding tert-OH is 1. The fourth-order valence-electron chi connectivity index (χ4n) is 10.7. The first-order valence-electron chi connectivity index (χ1n) is 37.0. The number of aliphatic hydroxyl groups is 1. The van der Waals surface area contributed by atoms with E-state index >= 15 is 0 Å². The van der Waals surface area contributed by atoms with Crippen LogP contribution in [-0.2, 0) is 65.4 Å². The van der Waals surface area contributed by atoms with Gasteiger partial charge in [0.25, 0.3) is 0 Å². The molecular formula is C71H138O17P2. The highest BCUT2D eigenvalue weighted by atomic mass is 31.2. The topological polar surface area (TPSA) is 237 Å². The third-order valence-corrected chi connectivity index (χ3v) is 18.7. The van der Waals surface area contributed by atoms with E-state index in [1.165, 1.54) is 173 Å². The van der Waals surface area contributed by atoms with Gasteiger partial charge in [-0.2, -0.15) is 0 Å². The number of phosphoric acid groups is 2. The van der Waals surface area contributed by atoms with Crippen LogP contribution in [0, 0.1) is 11.8 Å². The van der Waals surface area contributed by atoms with Crippen LogP contribution in [-0.4, -0.2) is 96.7 Å². The molecule has 0 radical (unpaired) electrons. The normalized spacial score (nSPS) is 14.4. The smallest absolute Gasteiger partial charge is 0.462 e. The minimum Gasteiger partial charge on any atom is -0.462 e. The van der Waals surface area contributed by atoms with Crippen LogP contribution in [0.3, 0.4) is 0 Å². The number of hydrogen-bond acceptors (Lipinski definition) is 15. The van der Waals surface area contributed by atoms with Gasteiger partial charge in [0.2, 0.25) is 0 Å². The molecule has 0 bridgehead atoms. The molecule has 0 aromatic rings. The van der Waals surface area contributed by atoms with Crippen molar-refractivity contribution in [3.63, 3.8) is 0 Å². The van der Waals surface area contributed by atoms with Crippen LogP contribution in [0.4, 0.5) is 0 Å². The second-order valence-electron chi connectivity index (χ2n) is 26.3. The van der Waals surface area contributed by atoms with E-state index < -0.39 is 97.5 Å². The molecule has 0 aromatic carbocycles. The Hall–Kier alpha value is -1.94. The first kappa shape index (κ1) is 88.1. The second kappa shape index (κ2) is 63.1. The molecule has 0 fully saturated rings. The highest BCUT2D eigenvalue weighted by Crippen LogP contribution is 2.45. The average molecular weight is 1330 g/mol. The van der Waals surface area contributed by atoms with Crippen molar-refractivity contribution in [3.05, 3.63) is 0 Å². The molecule has 0 spiro atoms. The van der Waals surface area contributed by atoms with Gasteiger partial charge in [-0.15, -0.1) is 0 Å². The van der Waals surface area contributed by atoms with Gasteiger partial charge >= 0.3 is 39.5 Å². The summed E-state index contributed by atoms with van der Waals surface area (Å²) in [5.41, 5.74) is 0. The molecular weight excluding hydrogens is 1190 g/mol. The van der Waals surface area contributed by atoms with Crippen molar-refractivity contribution in [1.82, 2.24) is 0 Å². The Labute approximate surface area is 549 Å². The van der Waals surface area contributed by atoms with Crippen molar-refractivity contribution < 1.29 is 80.2 Å². The molecule has 0 amide bonds. The van der Waals surface area contributed by atoms with Gasteiger partial charge in [-0.25, -0.2) is 9.13 Å². The van der Waals surface area contributed by atoms with Crippen LogP contribution < -0.4 is 0 Å². The van der Waals surface area contributed by atoms with Gasteiger partial charge in [0.15, 0.2) is 12.2 Å². The SMILES string of the molecule is CCCCCCCCCCCCCCCCCCCCCC(=O)O[C@H](COC(=O)CCCCCCCCCCCCCCCC(C)C)COP(=O)(O)OC[C@@H](O)COP(=O)(O)OC[C@@H](COC(=O)CCCCCCC)OC(=O)CCCCCCCCC(C)CC. The zero-order chi connectivity index (χ0) is 66.5. The summed E-state index contributed by atoms with van der Waals surface area (Å²) in [4.78, 5) is 72.3. The lowest BCUT2D eigenvalue weighted by Gasteiger charge is -2.21. The number of esters is 4. The Morgan fingerprint density at radius 2 is 0.567 bits per heavy atom. The quantitative estimate of drug-likeness (QED) is 0.0222. The summed E-state index contributed by atoms with van der Waals surface area (Å²) in [6.07, 6.45) is 49.1. The third kappa shape index (κ3) is 63.5. The van der Waals surface area contributed by atoms with Gasteiger partial charge in [-0.05, 0) is 37.5 Å². The molecule has 0 rings (SSSR count). The van der Waals surface area contributed by atoms with Crippen molar-refractivity contribution >= 4 is 39.5 Å². The van der Waals surface area contributed by atoms with E-state index in [1.54, 1.807) is 0 Å². The molecule has 0 aromatic heterocycles. The van der Waals surface area contributed by atoms with Crippen molar-refractivity contribution in [2.45, 2.75) is 381 Å². The second-order valence-corrected chi connectivity index (χ2v) is 29.3. The Kier molecular flexibility index (Phi) is 61.8. The molecule has 534 valence electrons. The summed E-state index contributed by atoms with van der Waals surface area (Å²) in [5.74, 6) is -0.625. The van der Waals surface area contributed by atoms with Crippen molar-refractivity contribution in [2.24, 2.45) is 11.8 Å². The van der Waals surface area contributed by atoms with Crippen LogP contribution in [0.1, 0.15) is 363 Å². The standard InChI is InChI=1S/C71H138O17P2/c1-7-10-12-14-15-16-17-18-19-20-21-22-23-26-30-33-36-43-49-55-70(75)87-67(60-82-69(74)54-48-42-35-32-29-27-24-25-28-31-34-40-45-51-63(4)5)62-86-90(79,80)84-58-65(72)57-83-89(77,78)85-61-66(59-81-68(73)53-47-39-13-11-8-2)88-71(76)56-50-44-38-37-41-46-52-64(6)9-3/h63-67,72H,7-62H2,1-6H3,(H,77,78)(H,79,80)/t64?,65-,66+,67+/m0/s1. The first-order valence-corrected chi connectivity index (χ1v) is 40.0. The molecule has 6 atom stereocenters. The molecule has 19 heteroatoms. The first-order chi connectivity index (χ1) is 43.4. The van der Waals surface area contributed by atoms with Gasteiger partial charge in [0.1, 0.15) is 19.3 Å². The zero-order valence-corrected chi connectivity index (χ0v) is 60.2. The van der Waals surface area contributed by atoms with Crippen LogP contribution in [0.25, 0.3) is 0 Å². The monoisotopic (exact) mass is 1320 g/mol. The number of unbranched alkanes of at least 4 members (excludes halogenated alkanes) is 39. The molecule has 17 nitrogen and oxygen atoms in total. The van der Waals surface area contributed by atoms with Gasteiger partial charge in [-0.3, -0.25) is 37.3 Å². The Morgan fingerprint density at radius 1 is 0.322 bits per heavy atom. The summed E-state index contributed by atoms with van der Waals surface area (Å²) >= 11 is 0. The maximum atomic E-state index is 13.0. The molecule has 0 aliphatic heterocycles. The van der Waals surface area contributed by atoms with Gasteiger partial charge in [0, 0.05) is 25.7 Å². The predicted octanol–water partition coefficient (Wildman–Crippen LogP) is 20.4. The lowest BCUT2D eigenvalue weighted by molar-refractivity contribution is -0.161. The minimum absolute atomic E-state index is 0.102. The van der Waals surface area contributed by atoms with Crippen molar-refractivity contribution in [3.8, 4) is 0 Å². The summed E-state index contributed by atoms with van der Waals surface area (Å²) in [7, 11) is -9.89. The van der Waals surface area contributed by atoms with Gasteiger partial charge in [-0.1, -0.05) is 311 Å². The highest BCUT2D eigenvalue weighted by molar-refractivity contribution is 7.47. The van der Waals surface area contributed by atoms with Crippen LogP contribution >= 0.6 is 15.6 Å². The van der Waals surface area contributed by atoms with Gasteiger partial charge in [0.05, 0.1) is 26.4 Å². The molecule has 0 aliphatic carbocycles. The fourth-order valence-corrected chi connectivity index (χ4v) is 12.3. The zero-order valence-electron chi connectivity index (χ0n) is 58.4. The van der Waals surface area contributed by atoms with E-state index in [0.29, 0.717) is 25.7 Å². The van der Waals surface area contributed by atoms with E-state index in [-0.39, 0.29) is 25.7 Å². The number of carbonyl (C=O) groups is 4. The number of rotatable bonds is 70. The average Bonchev–Trinajstić information content (AvgIpc) is 3.67. The number of ether oxygens (including phenoxy) is 4. The van der Waals surface area contributed by atoms with E-state index in [0.717, 1.165) is 108 Å².